The Kier molecular flexibility index (Phi) is 6.38. The molecule has 29 heavy (non-hydrogen) atoms. The number of urea groups is 1. The number of benzene rings is 2. The molecule has 3 rings (SSSR count). The van der Waals surface area contributed by atoms with Crippen molar-refractivity contribution in [3.63, 3.8) is 0 Å². The molecule has 1 aliphatic carbocycles. The van der Waals surface area contributed by atoms with Crippen LogP contribution in [-0.2, 0) is 4.79 Å². The molecule has 0 heterocycles. The standard InChI is InChI=1S/C20H20F2N4O3/c21-14-5-8-17(16(22)11-14)26-20(29)24-10-9-23-18(27)12-3-6-15(7-4-12)25-19(28)13-1-2-13/h3-8,11,13H,1-2,9-10H2,(H,23,27)(H,25,28)(H2,24,26,29). The lowest BCUT2D eigenvalue weighted by Gasteiger charge is -2.10. The van der Waals surface area contributed by atoms with Crippen molar-refractivity contribution < 1.29 is 23.2 Å². The van der Waals surface area contributed by atoms with E-state index < -0.39 is 17.7 Å². The van der Waals surface area contributed by atoms with E-state index in [1.165, 1.54) is 0 Å². The van der Waals surface area contributed by atoms with Crippen LogP contribution in [-0.4, -0.2) is 30.9 Å². The molecule has 0 radical (unpaired) electrons. The third-order valence-corrected chi connectivity index (χ3v) is 4.24. The third-order valence-electron chi connectivity index (χ3n) is 4.24. The lowest BCUT2D eigenvalue weighted by atomic mass is 10.2. The van der Waals surface area contributed by atoms with Crippen LogP contribution >= 0.6 is 0 Å². The molecule has 7 nitrogen and oxygen atoms in total. The van der Waals surface area contributed by atoms with E-state index in [-0.39, 0.29) is 36.5 Å². The molecule has 4 N–H and O–H groups in total. The van der Waals surface area contributed by atoms with Crippen LogP contribution in [0.2, 0.25) is 0 Å². The van der Waals surface area contributed by atoms with E-state index in [4.69, 9.17) is 0 Å². The molecule has 4 amide bonds. The molecule has 0 saturated heterocycles. The fourth-order valence-electron chi connectivity index (χ4n) is 2.51. The van der Waals surface area contributed by atoms with E-state index in [1.54, 1.807) is 24.3 Å². The van der Waals surface area contributed by atoms with Crippen molar-refractivity contribution in [3.8, 4) is 0 Å². The minimum Gasteiger partial charge on any atom is -0.350 e. The first-order valence-corrected chi connectivity index (χ1v) is 9.11. The fourth-order valence-corrected chi connectivity index (χ4v) is 2.51. The first-order valence-electron chi connectivity index (χ1n) is 9.11. The molecule has 1 aliphatic rings. The minimum absolute atomic E-state index is 0.00734. The van der Waals surface area contributed by atoms with Gasteiger partial charge in [-0.15, -0.1) is 0 Å². The molecule has 1 fully saturated rings. The van der Waals surface area contributed by atoms with Gasteiger partial charge in [-0.2, -0.15) is 0 Å². The van der Waals surface area contributed by atoms with E-state index in [9.17, 15) is 23.2 Å². The van der Waals surface area contributed by atoms with Crippen LogP contribution in [0.4, 0.5) is 25.0 Å². The molecule has 0 unspecified atom stereocenters. The quantitative estimate of drug-likeness (QED) is 0.536. The van der Waals surface area contributed by atoms with Crippen molar-refractivity contribution in [2.75, 3.05) is 23.7 Å². The van der Waals surface area contributed by atoms with Crippen LogP contribution in [0.15, 0.2) is 42.5 Å². The number of carbonyl (C=O) groups is 3. The van der Waals surface area contributed by atoms with Crippen LogP contribution < -0.4 is 21.3 Å². The second kappa shape index (κ2) is 9.13. The number of hydrogen-bond donors (Lipinski definition) is 4. The Morgan fingerprint density at radius 1 is 0.897 bits per heavy atom. The molecule has 0 spiro atoms. The second-order valence-electron chi connectivity index (χ2n) is 6.60. The summed E-state index contributed by atoms with van der Waals surface area (Å²) in [5.74, 6) is -1.87. The lowest BCUT2D eigenvalue weighted by Crippen LogP contribution is -2.36. The number of anilines is 2. The van der Waals surface area contributed by atoms with Crippen molar-refractivity contribution in [1.29, 1.82) is 0 Å². The number of nitrogens with one attached hydrogen (secondary N) is 4. The Balaban J connectivity index is 1.37. The molecule has 9 heteroatoms. The zero-order valence-electron chi connectivity index (χ0n) is 15.4. The van der Waals surface area contributed by atoms with E-state index in [0.717, 1.165) is 25.0 Å². The van der Waals surface area contributed by atoms with Gasteiger partial charge in [-0.25, -0.2) is 13.6 Å². The summed E-state index contributed by atoms with van der Waals surface area (Å²) in [5, 5.41) is 10.1. The summed E-state index contributed by atoms with van der Waals surface area (Å²) in [6.45, 7) is 0.258. The maximum Gasteiger partial charge on any atom is 0.319 e. The Morgan fingerprint density at radius 3 is 2.24 bits per heavy atom. The molecule has 2 aromatic carbocycles. The molecule has 1 saturated carbocycles. The normalized spacial score (nSPS) is 12.8. The summed E-state index contributed by atoms with van der Waals surface area (Å²) in [5.41, 5.74) is 0.888. The van der Waals surface area contributed by atoms with Crippen LogP contribution in [0.25, 0.3) is 0 Å². The van der Waals surface area contributed by atoms with Gasteiger partial charge in [0, 0.05) is 36.3 Å². The fraction of sp³-hybridized carbons (Fsp3) is 0.250. The van der Waals surface area contributed by atoms with Gasteiger partial charge in [0.05, 0.1) is 5.69 Å². The van der Waals surface area contributed by atoms with Crippen molar-refractivity contribution in [3.05, 3.63) is 59.7 Å². The third kappa shape index (κ3) is 6.00. The average molecular weight is 402 g/mol. The maximum absolute atomic E-state index is 13.5. The predicted molar refractivity (Wildman–Crippen MR) is 104 cm³/mol. The van der Waals surface area contributed by atoms with Gasteiger partial charge in [0.2, 0.25) is 5.91 Å². The summed E-state index contributed by atoms with van der Waals surface area (Å²) in [6, 6.07) is 8.62. The van der Waals surface area contributed by atoms with Gasteiger partial charge < -0.3 is 21.3 Å². The van der Waals surface area contributed by atoms with Crippen LogP contribution in [0.1, 0.15) is 23.2 Å². The highest BCUT2D eigenvalue weighted by molar-refractivity contribution is 5.96. The first kappa shape index (κ1) is 20.2. The Hall–Kier alpha value is -3.49. The molecule has 152 valence electrons. The molecule has 0 atom stereocenters. The summed E-state index contributed by atoms with van der Waals surface area (Å²) in [7, 11) is 0. The SMILES string of the molecule is O=C(NCCNC(=O)c1ccc(NC(=O)C2CC2)cc1)Nc1ccc(F)cc1F. The second-order valence-corrected chi connectivity index (χ2v) is 6.60. The number of carbonyl (C=O) groups excluding carboxylic acids is 3. The van der Waals surface area contributed by atoms with E-state index in [1.807, 2.05) is 0 Å². The molecule has 2 aromatic rings. The highest BCUT2D eigenvalue weighted by Crippen LogP contribution is 2.30. The highest BCUT2D eigenvalue weighted by Gasteiger charge is 2.29. The van der Waals surface area contributed by atoms with Crippen LogP contribution in [0, 0.1) is 17.6 Å². The summed E-state index contributed by atoms with van der Waals surface area (Å²) in [6.07, 6.45) is 1.83. The van der Waals surface area contributed by atoms with Gasteiger partial charge in [0.15, 0.2) is 0 Å². The van der Waals surface area contributed by atoms with E-state index in [2.05, 4.69) is 21.3 Å². The monoisotopic (exact) mass is 402 g/mol. The van der Waals surface area contributed by atoms with E-state index >= 15 is 0 Å². The Labute approximate surface area is 165 Å². The average Bonchev–Trinajstić information content (AvgIpc) is 3.53. The molecule has 0 bridgehead atoms. The zero-order chi connectivity index (χ0) is 20.8. The van der Waals surface area contributed by atoms with Crippen LogP contribution in [0.3, 0.4) is 0 Å². The van der Waals surface area contributed by atoms with Gasteiger partial charge in [-0.1, -0.05) is 0 Å². The summed E-state index contributed by atoms with van der Waals surface area (Å²) in [4.78, 5) is 35.5. The van der Waals surface area contributed by atoms with Crippen molar-refractivity contribution >= 4 is 29.2 Å². The van der Waals surface area contributed by atoms with Crippen molar-refractivity contribution in [2.45, 2.75) is 12.8 Å². The van der Waals surface area contributed by atoms with Gasteiger partial charge in [-0.3, -0.25) is 9.59 Å². The highest BCUT2D eigenvalue weighted by atomic mass is 19.1. The largest absolute Gasteiger partial charge is 0.350 e. The van der Waals surface area contributed by atoms with Crippen LogP contribution in [0.5, 0.6) is 0 Å². The molecular weight excluding hydrogens is 382 g/mol. The first-order chi connectivity index (χ1) is 13.9. The van der Waals surface area contributed by atoms with Gasteiger partial charge in [0.25, 0.3) is 5.91 Å². The number of halogens is 2. The number of amides is 4. The Morgan fingerprint density at radius 2 is 1.59 bits per heavy atom. The maximum atomic E-state index is 13.5. The summed E-state index contributed by atoms with van der Waals surface area (Å²) < 4.78 is 26.3. The summed E-state index contributed by atoms with van der Waals surface area (Å²) >= 11 is 0. The van der Waals surface area contributed by atoms with E-state index in [0.29, 0.717) is 17.3 Å². The molecule has 0 aliphatic heterocycles. The topological polar surface area (TPSA) is 99.3 Å². The number of rotatable bonds is 7. The van der Waals surface area contributed by atoms with Crippen molar-refractivity contribution in [1.82, 2.24) is 10.6 Å². The predicted octanol–water partition coefficient (Wildman–Crippen LogP) is 2.86. The van der Waals surface area contributed by atoms with Gasteiger partial charge in [-0.05, 0) is 49.2 Å². The van der Waals surface area contributed by atoms with Gasteiger partial charge >= 0.3 is 6.03 Å². The zero-order valence-corrected chi connectivity index (χ0v) is 15.4. The Bertz CT molecular complexity index is 914. The molecule has 0 aromatic heterocycles. The molecular formula is C20H20F2N4O3. The lowest BCUT2D eigenvalue weighted by molar-refractivity contribution is -0.117. The smallest absolute Gasteiger partial charge is 0.319 e. The van der Waals surface area contributed by atoms with Gasteiger partial charge in [0.1, 0.15) is 11.6 Å². The van der Waals surface area contributed by atoms with Crippen molar-refractivity contribution in [2.24, 2.45) is 5.92 Å². The minimum atomic E-state index is -0.884. The number of hydrogen-bond acceptors (Lipinski definition) is 3.